The molecule has 0 atom stereocenters. The van der Waals surface area contributed by atoms with E-state index in [2.05, 4.69) is 62.5 Å². The van der Waals surface area contributed by atoms with E-state index in [9.17, 15) is 86.7 Å². The van der Waals surface area contributed by atoms with Crippen molar-refractivity contribution in [2.45, 2.75) is 124 Å². The topological polar surface area (TPSA) is 408 Å². The average Bonchev–Trinajstić information content (AvgIpc) is 1.59. The van der Waals surface area contributed by atoms with Crippen LogP contribution in [0.2, 0.25) is 0 Å². The number of ketones is 5. The van der Waals surface area contributed by atoms with Crippen molar-refractivity contribution >= 4 is 110 Å². The van der Waals surface area contributed by atoms with Gasteiger partial charge in [-0.3, -0.25) is 68.1 Å². The van der Waals surface area contributed by atoms with Gasteiger partial charge in [0.1, 0.15) is 63.5 Å². The van der Waals surface area contributed by atoms with Crippen LogP contribution in [0.25, 0.3) is 0 Å². The van der Waals surface area contributed by atoms with Crippen LogP contribution in [-0.4, -0.2) is 167 Å². The number of hydrogen-bond acceptors (Lipinski definition) is 26. The Balaban J connectivity index is 0.000000425. The minimum atomic E-state index is -1.12. The molecule has 0 aliphatic heterocycles. The summed E-state index contributed by atoms with van der Waals surface area (Å²) in [7, 11) is 2.92. The number of aliphatic hydroxyl groups excluding tert-OH is 1. The van der Waals surface area contributed by atoms with E-state index in [1.54, 1.807) is 107 Å². The molecule has 4 fully saturated rings. The average molecular weight is 2050 g/mol. The molecule has 4 aliphatic carbocycles. The normalized spacial score (nSPS) is 12.1. The minimum absolute atomic E-state index is 0. The maximum atomic E-state index is 13.7. The molecule has 16 rings (SSSR count). The number of hydroxylamine groups is 2. The fourth-order valence-corrected chi connectivity index (χ4v) is 11.4. The molecule has 0 bridgehead atoms. The SMILES string of the molecule is CC/C(=N\Oc1ncccc1F)c1ccc(CC(=O)c2c(F)cccc2F)nc1.CCO.CON(C)C(=O)c1ccc(CC(=O)OC(C)(C)C)nc1.Cl.Fc1cccnc1F.NO.Nc1ccc(C(=O)C2CC2)cn1.O=C(Cc1ccc(/C(=N/O)C2CC2)cn1)c1c(F)cccc1F.O=C(Cc1ccc(C(=O)C2CC2)cn1)c1c(F)cccc1F.O=C(Cl)c1c(F)cccc1F.[CH-]1CC1.[Cl-].[Mg+2].c1ccncc1. The third-order valence-electron chi connectivity index (χ3n) is 18.6. The summed E-state index contributed by atoms with van der Waals surface area (Å²) < 4.78 is 149. The van der Waals surface area contributed by atoms with Crippen LogP contribution in [0, 0.1) is 88.3 Å². The number of esters is 1. The van der Waals surface area contributed by atoms with Crippen molar-refractivity contribution in [3.63, 3.8) is 0 Å². The van der Waals surface area contributed by atoms with Gasteiger partial charge in [-0.15, -0.1) is 12.4 Å². The van der Waals surface area contributed by atoms with Gasteiger partial charge in [0.2, 0.25) is 5.95 Å². The first kappa shape index (κ1) is 123. The number of amides is 1. The zero-order chi connectivity index (χ0) is 102. The van der Waals surface area contributed by atoms with E-state index in [0.29, 0.717) is 74.3 Å². The van der Waals surface area contributed by atoms with Crippen molar-refractivity contribution in [3.8, 4) is 5.88 Å². The summed E-state index contributed by atoms with van der Waals surface area (Å²) >= 11 is 4.89. The van der Waals surface area contributed by atoms with Crippen molar-refractivity contribution in [2.24, 2.45) is 34.0 Å². The zero-order valence-corrected chi connectivity index (χ0v) is 81.3. The van der Waals surface area contributed by atoms with E-state index < -0.39 is 115 Å². The Morgan fingerprint density at radius 3 is 1.11 bits per heavy atom. The molecule has 4 saturated carbocycles. The van der Waals surface area contributed by atoms with Crippen molar-refractivity contribution in [3.05, 3.63) is 375 Å². The Labute approximate surface area is 844 Å². The number of anilines is 1. The van der Waals surface area contributed by atoms with Gasteiger partial charge in [-0.05, 0) is 230 Å². The quantitative estimate of drug-likeness (QED) is 0.00358. The van der Waals surface area contributed by atoms with E-state index in [1.165, 1.54) is 101 Å². The van der Waals surface area contributed by atoms with Gasteiger partial charge in [0, 0.05) is 127 Å². The Morgan fingerprint density at radius 2 is 0.817 bits per heavy atom. The van der Waals surface area contributed by atoms with Crippen LogP contribution in [0.1, 0.15) is 199 Å². The van der Waals surface area contributed by atoms with Crippen LogP contribution in [0.4, 0.5) is 54.1 Å². The van der Waals surface area contributed by atoms with Gasteiger partial charge < -0.3 is 49.7 Å². The molecule has 748 valence electrons. The second-order valence-corrected chi connectivity index (χ2v) is 31.0. The van der Waals surface area contributed by atoms with Gasteiger partial charge in [0.05, 0.1) is 72.2 Å². The number of hydrogen-bond donors (Lipinski definition) is 5. The molecule has 8 heterocycles. The molecule has 7 N–H and O–H groups in total. The molecule has 4 aliphatic rings. The van der Waals surface area contributed by atoms with Crippen LogP contribution < -0.4 is 28.9 Å². The van der Waals surface area contributed by atoms with Crippen LogP contribution in [0.5, 0.6) is 5.88 Å². The number of nitrogens with zero attached hydrogens (tertiary/aromatic N) is 11. The first-order chi connectivity index (χ1) is 66.5. The van der Waals surface area contributed by atoms with Crippen LogP contribution in [0.3, 0.4) is 0 Å². The van der Waals surface area contributed by atoms with E-state index in [1.807, 2.05) is 25.1 Å². The summed E-state index contributed by atoms with van der Waals surface area (Å²) in [6, 6.07) is 39.9. The standard InChI is InChI=1S/C21H16F3N3O2.C17H14F2N2O2.C17H13F2NO2.C14H20N2O4.C9H10N2O.C7H3ClF2O.C5H3F2N.C5H5N.C3H5.C2H6O.2ClH.Mg.H3NO/c1-2-18(27-29-21-17(24)7-4-10-25-21)13-8-9-14(26-12-13)11-19(28)20-15(22)5-3-6-16(20)23;18-13-2-1-3-14(19)16(13)15(22)8-12-7-6-11(9-20-12)17(21-23)10-4-5-10;18-13-2-1-3-14(19)16(13)15(21)8-12-7-6-11(9-20-12)17(22)10-4-5-10;1-14(2,3)20-12(17)8-11-7-6-10(9-15-11)13(18)16(4)19-5;10-8-4-3-7(5-11-8)9(12)6-1-2-6;8-7(11)6-4(9)2-1-3-5(6)10;6-4-2-1-3-8-5(4)7;1-2-4-6-5-3-1;1-2-3-1;1-2-3;;;;1-2/h3-10,12H,2,11H2,1H3;1-3,6-7,9-10,23H,4-5,8H2;1-3,6-7,9-10H,4-5,8H2;6-7,9H,8H2,1-5H3;3-6H,1-2H2,(H2,10,11);1-3H;1-3H;1-5H;1H,2-3H2;3H,2H2,1H3;2*1H;;2H,1H2/q;;;;;;;;-1;;;;+2;/p-1/b27-18+;21-17+;;;;;;;;;;;;. The summed E-state index contributed by atoms with van der Waals surface area (Å²) in [4.78, 5) is 134. The van der Waals surface area contributed by atoms with Crippen molar-refractivity contribution < 1.29 is 129 Å². The third-order valence-corrected chi connectivity index (χ3v) is 18.8. The number of aliphatic hydroxyl groups is 1. The summed E-state index contributed by atoms with van der Waals surface area (Å²) in [5.41, 5.74) is 8.09. The fourth-order valence-electron chi connectivity index (χ4n) is 11.2. The maximum absolute atomic E-state index is 13.7. The predicted octanol–water partition coefficient (Wildman–Crippen LogP) is 16.3. The van der Waals surface area contributed by atoms with Crippen molar-refractivity contribution in [2.75, 3.05) is 26.5 Å². The van der Waals surface area contributed by atoms with E-state index in [-0.39, 0.29) is 127 Å². The molecule has 27 nitrogen and oxygen atoms in total. The Bertz CT molecular complexity index is 5960. The third kappa shape index (κ3) is 43.3. The number of halogens is 14. The number of Topliss-reactive ketones (excluding diaryl/α,β-unsaturated/α-hetero) is 5. The van der Waals surface area contributed by atoms with E-state index in [4.69, 9.17) is 47.3 Å². The number of nitrogens with two attached hydrogens (primary N) is 2. The van der Waals surface area contributed by atoms with Gasteiger partial charge in [0.25, 0.3) is 17.0 Å². The molecule has 42 heteroatoms. The number of oxime groups is 2. The van der Waals surface area contributed by atoms with Gasteiger partial charge in [-0.25, -0.2) is 82.7 Å². The molecule has 8 aromatic heterocycles. The molecular weight excluding hydrogens is 1950 g/mol. The molecule has 1 amide bonds. The number of aromatic nitrogens is 8. The molecular formula is C100H99Cl3F11MgN13O14. The number of carbonyl (C=O) groups excluding carboxylic acids is 8. The molecule has 0 unspecified atom stereocenters. The molecule has 4 aromatic carbocycles. The Morgan fingerprint density at radius 1 is 0.465 bits per heavy atom. The molecule has 0 spiro atoms. The molecule has 0 saturated heterocycles. The largest absolute Gasteiger partial charge is 2.00 e. The molecule has 142 heavy (non-hydrogen) atoms. The van der Waals surface area contributed by atoms with Crippen molar-refractivity contribution in [1.29, 1.82) is 0 Å². The summed E-state index contributed by atoms with van der Waals surface area (Å²) in [5, 5.41) is 30.3. The second-order valence-electron chi connectivity index (χ2n) is 30.6. The monoisotopic (exact) mass is 2040 g/mol. The smallest absolute Gasteiger partial charge is 1.00 e. The second kappa shape index (κ2) is 64.0. The van der Waals surface area contributed by atoms with Crippen LogP contribution in [0.15, 0.2) is 242 Å². The Kier molecular flexibility index (Phi) is 55.3. The number of rotatable bonds is 24. The number of ether oxygens (including phenoxy) is 1. The van der Waals surface area contributed by atoms with Gasteiger partial charge in [-0.1, -0.05) is 47.6 Å². The summed E-state index contributed by atoms with van der Waals surface area (Å²) in [6.45, 7) is 9.18. The predicted molar refractivity (Wildman–Crippen MR) is 504 cm³/mol. The van der Waals surface area contributed by atoms with E-state index >= 15 is 0 Å². The minimum Gasteiger partial charge on any atom is -1.00 e. The number of nitrogen functional groups attached to an aromatic ring is 1. The number of pyridine rings is 8. The molecule has 12 aromatic rings. The summed E-state index contributed by atoms with van der Waals surface area (Å²) in [5.74, 6) is -7.94. The van der Waals surface area contributed by atoms with Gasteiger partial charge in [0.15, 0.2) is 40.6 Å². The first-order valence-corrected chi connectivity index (χ1v) is 42.9. The number of carbonyl (C=O) groups is 8. The van der Waals surface area contributed by atoms with Gasteiger partial charge >= 0.3 is 29.0 Å². The zero-order valence-electron chi connectivity index (χ0n) is 77.6. The Hall–Kier alpha value is -13.5. The molecule has 0 radical (unpaired) electrons. The number of benzene rings is 4. The van der Waals surface area contributed by atoms with Crippen LogP contribution in [-0.2, 0) is 40.1 Å². The van der Waals surface area contributed by atoms with Crippen molar-refractivity contribution in [1.82, 2.24) is 44.9 Å². The fraction of sp³-hybridized carbons (Fsp3) is 0.250. The maximum Gasteiger partial charge on any atom is 2.00 e. The summed E-state index contributed by atoms with van der Waals surface area (Å²) in [6.07, 6.45) is 24.1. The van der Waals surface area contributed by atoms with E-state index in [0.717, 1.165) is 104 Å². The first-order valence-electron chi connectivity index (χ1n) is 42.6. The van der Waals surface area contributed by atoms with Gasteiger partial charge in [-0.2, -0.15) is 4.39 Å². The van der Waals surface area contributed by atoms with Crippen LogP contribution >= 0.6 is 24.0 Å².